The van der Waals surface area contributed by atoms with Crippen LogP contribution in [0.25, 0.3) is 0 Å². The van der Waals surface area contributed by atoms with Crippen molar-refractivity contribution in [3.05, 3.63) is 35.9 Å². The van der Waals surface area contributed by atoms with Gasteiger partial charge in [-0.15, -0.1) is 0 Å². The molecule has 1 aromatic carbocycles. The highest BCUT2D eigenvalue weighted by Crippen LogP contribution is 2.32. The van der Waals surface area contributed by atoms with Crippen LogP contribution in [0.1, 0.15) is 71.8 Å². The predicted octanol–water partition coefficient (Wildman–Crippen LogP) is 4.41. The summed E-state index contributed by atoms with van der Waals surface area (Å²) >= 11 is 6.02. The third kappa shape index (κ3) is 8.16. The van der Waals surface area contributed by atoms with Crippen molar-refractivity contribution >= 4 is 35.0 Å². The number of benzene rings is 1. The van der Waals surface area contributed by atoms with Crippen LogP contribution in [0.3, 0.4) is 0 Å². The molecule has 8 nitrogen and oxygen atoms in total. The number of nitrogens with one attached hydrogen (secondary N) is 3. The first kappa shape index (κ1) is 29.9. The molecule has 210 valence electrons. The summed E-state index contributed by atoms with van der Waals surface area (Å²) < 4.78 is 5.41. The van der Waals surface area contributed by atoms with Gasteiger partial charge < -0.3 is 26.0 Å². The molecular weight excluding hydrogens is 498 g/mol. The zero-order chi connectivity index (χ0) is 27.9. The first-order valence-corrected chi connectivity index (χ1v) is 14.3. The predicted molar refractivity (Wildman–Crippen MR) is 155 cm³/mol. The third-order valence-electron chi connectivity index (χ3n) is 7.83. The van der Waals surface area contributed by atoms with Gasteiger partial charge in [-0.05, 0) is 75.7 Å². The van der Waals surface area contributed by atoms with Crippen LogP contribution in [0.4, 0.5) is 4.79 Å². The Hall–Kier alpha value is -2.68. The Morgan fingerprint density at radius 2 is 1.82 bits per heavy atom. The second kappa shape index (κ2) is 13.4. The maximum absolute atomic E-state index is 13.3. The molecular formula is C29H45N5O3S. The Balaban J connectivity index is 1.69. The van der Waals surface area contributed by atoms with Crippen molar-refractivity contribution in [3.8, 4) is 0 Å². The lowest BCUT2D eigenvalue weighted by Gasteiger charge is -2.40. The molecule has 9 heteroatoms. The van der Waals surface area contributed by atoms with Gasteiger partial charge >= 0.3 is 6.09 Å². The van der Waals surface area contributed by atoms with E-state index in [2.05, 4.69) is 36.6 Å². The van der Waals surface area contributed by atoms with Gasteiger partial charge in [-0.25, -0.2) is 4.79 Å². The number of amidine groups is 1. The summed E-state index contributed by atoms with van der Waals surface area (Å²) in [6, 6.07) is 9.31. The number of rotatable bonds is 10. The van der Waals surface area contributed by atoms with E-state index in [1.165, 1.54) is 0 Å². The van der Waals surface area contributed by atoms with E-state index in [1.807, 2.05) is 36.9 Å². The van der Waals surface area contributed by atoms with Gasteiger partial charge in [-0.3, -0.25) is 10.2 Å². The molecule has 38 heavy (non-hydrogen) atoms. The molecule has 0 radical (unpaired) electrons. The van der Waals surface area contributed by atoms with Crippen LogP contribution in [-0.4, -0.2) is 59.0 Å². The summed E-state index contributed by atoms with van der Waals surface area (Å²) in [5, 5.41) is 13.9. The number of hydrogen-bond donors (Lipinski definition) is 4. The van der Waals surface area contributed by atoms with Gasteiger partial charge in [0.05, 0.1) is 18.0 Å². The molecule has 5 N–H and O–H groups in total. The number of ether oxygens (including phenoxy) is 1. The van der Waals surface area contributed by atoms with E-state index in [0.717, 1.165) is 44.1 Å². The lowest BCUT2D eigenvalue weighted by Crippen LogP contribution is -2.58. The Bertz CT molecular complexity index is 976. The second-order valence-electron chi connectivity index (χ2n) is 11.8. The number of carbonyl (C=O) groups excluding carboxylic acids is 2. The smallest absolute Gasteiger partial charge is 0.407 e. The number of nitrogens with zero attached hydrogens (tertiary/aromatic N) is 1. The zero-order valence-corrected chi connectivity index (χ0v) is 24.1. The molecule has 1 aliphatic heterocycles. The normalized spacial score (nSPS) is 22.6. The SMILES string of the molecule is CC(C)OC(=O)N[C@H](C(=S)N1CCC[C@H]1C(=O)NCC1CCC(C(=N)N)CC1)C(C)(C)Cc1ccccc1. The van der Waals surface area contributed by atoms with Crippen molar-refractivity contribution in [2.75, 3.05) is 13.1 Å². The summed E-state index contributed by atoms with van der Waals surface area (Å²) in [6.07, 6.45) is 5.29. The highest BCUT2D eigenvalue weighted by Gasteiger charge is 2.41. The van der Waals surface area contributed by atoms with Crippen molar-refractivity contribution in [1.82, 2.24) is 15.5 Å². The number of nitrogens with two attached hydrogens (primary N) is 1. The molecule has 1 aliphatic carbocycles. The molecule has 1 saturated carbocycles. The molecule has 0 spiro atoms. The fourth-order valence-corrected chi connectivity index (χ4v) is 6.29. The summed E-state index contributed by atoms with van der Waals surface area (Å²) in [5.41, 5.74) is 6.40. The van der Waals surface area contributed by atoms with Gasteiger partial charge in [0.2, 0.25) is 5.91 Å². The van der Waals surface area contributed by atoms with Crippen LogP contribution in [-0.2, 0) is 16.0 Å². The van der Waals surface area contributed by atoms with Gasteiger partial charge in [0, 0.05) is 19.0 Å². The standard InChI is InChI=1S/C29H45N5O3S/c1-19(2)37-28(36)33-24(29(3,4)17-20-9-6-5-7-10-20)27(38)34-16-8-11-23(34)26(35)32-18-21-12-14-22(15-13-21)25(30)31/h5-7,9-10,19,21-24H,8,11-18H2,1-4H3,(H3,30,31)(H,32,35)(H,33,36)/t21?,22?,23-,24+/m0/s1. The van der Waals surface area contributed by atoms with Crippen molar-refractivity contribution in [2.24, 2.45) is 23.0 Å². The molecule has 1 saturated heterocycles. The van der Waals surface area contributed by atoms with Crippen LogP contribution in [0.2, 0.25) is 0 Å². The molecule has 0 unspecified atom stereocenters. The number of thiocarbonyl (C=S) groups is 1. The molecule has 3 rings (SSSR count). The van der Waals surface area contributed by atoms with Crippen LogP contribution in [0, 0.1) is 22.7 Å². The Morgan fingerprint density at radius 3 is 2.42 bits per heavy atom. The number of likely N-dealkylation sites (tertiary alicyclic amines) is 1. The van der Waals surface area contributed by atoms with Gasteiger partial charge in [-0.1, -0.05) is 56.4 Å². The highest BCUT2D eigenvalue weighted by atomic mass is 32.1. The summed E-state index contributed by atoms with van der Waals surface area (Å²) in [7, 11) is 0. The molecule has 0 aromatic heterocycles. The van der Waals surface area contributed by atoms with Gasteiger partial charge in [0.1, 0.15) is 11.0 Å². The number of amides is 2. The molecule has 1 aromatic rings. The Kier molecular flexibility index (Phi) is 10.5. The van der Waals surface area contributed by atoms with Crippen LogP contribution in [0.15, 0.2) is 30.3 Å². The number of alkyl carbamates (subject to hydrolysis) is 1. The quantitative estimate of drug-likeness (QED) is 0.197. The fraction of sp³-hybridized carbons (Fsp3) is 0.655. The monoisotopic (exact) mass is 543 g/mol. The van der Waals surface area contributed by atoms with Crippen LogP contribution >= 0.6 is 12.2 Å². The highest BCUT2D eigenvalue weighted by molar-refractivity contribution is 7.80. The zero-order valence-electron chi connectivity index (χ0n) is 23.3. The van der Waals surface area contributed by atoms with Gasteiger partial charge in [-0.2, -0.15) is 0 Å². The largest absolute Gasteiger partial charge is 0.447 e. The van der Waals surface area contributed by atoms with Crippen molar-refractivity contribution < 1.29 is 14.3 Å². The molecule has 1 heterocycles. The summed E-state index contributed by atoms with van der Waals surface area (Å²) in [6.45, 7) is 9.12. The van der Waals surface area contributed by atoms with Gasteiger partial charge in [0.25, 0.3) is 0 Å². The van der Waals surface area contributed by atoms with E-state index in [4.69, 9.17) is 28.1 Å². The van der Waals surface area contributed by atoms with Crippen LogP contribution < -0.4 is 16.4 Å². The lowest BCUT2D eigenvalue weighted by molar-refractivity contribution is -0.124. The summed E-state index contributed by atoms with van der Waals surface area (Å²) in [5.74, 6) is 0.846. The van der Waals surface area contributed by atoms with Crippen molar-refractivity contribution in [2.45, 2.75) is 90.8 Å². The second-order valence-corrected chi connectivity index (χ2v) is 12.2. The van der Waals surface area contributed by atoms with Crippen molar-refractivity contribution in [3.63, 3.8) is 0 Å². The lowest BCUT2D eigenvalue weighted by atomic mass is 9.78. The van der Waals surface area contributed by atoms with E-state index in [9.17, 15) is 9.59 Å². The topological polar surface area (TPSA) is 121 Å². The Labute approximate surface area is 232 Å². The maximum atomic E-state index is 13.3. The minimum Gasteiger partial charge on any atom is -0.447 e. The average molecular weight is 544 g/mol. The minimum atomic E-state index is -0.505. The molecule has 2 atom stereocenters. The Morgan fingerprint density at radius 1 is 1.16 bits per heavy atom. The van der Waals surface area contributed by atoms with Crippen molar-refractivity contribution in [1.29, 1.82) is 5.41 Å². The first-order valence-electron chi connectivity index (χ1n) is 13.9. The van der Waals surface area contributed by atoms with Crippen LogP contribution in [0.5, 0.6) is 0 Å². The van der Waals surface area contributed by atoms with E-state index in [1.54, 1.807) is 0 Å². The number of carbonyl (C=O) groups is 2. The minimum absolute atomic E-state index is 0.0112. The maximum Gasteiger partial charge on any atom is 0.407 e. The average Bonchev–Trinajstić information content (AvgIpc) is 3.36. The molecule has 2 amide bonds. The number of hydrogen-bond acceptors (Lipinski definition) is 5. The molecule has 2 fully saturated rings. The summed E-state index contributed by atoms with van der Waals surface area (Å²) in [4.78, 5) is 28.6. The third-order valence-corrected chi connectivity index (χ3v) is 8.30. The van der Waals surface area contributed by atoms with E-state index in [-0.39, 0.29) is 29.8 Å². The molecule has 2 aliphatic rings. The van der Waals surface area contributed by atoms with E-state index in [0.29, 0.717) is 30.4 Å². The fourth-order valence-electron chi connectivity index (χ4n) is 5.69. The molecule has 0 bridgehead atoms. The van der Waals surface area contributed by atoms with Gasteiger partial charge in [0.15, 0.2) is 0 Å². The first-order chi connectivity index (χ1) is 18.0. The van der Waals surface area contributed by atoms with E-state index >= 15 is 0 Å². The van der Waals surface area contributed by atoms with E-state index < -0.39 is 17.6 Å².